The van der Waals surface area contributed by atoms with Crippen molar-refractivity contribution in [1.82, 2.24) is 10.3 Å². The average molecular weight is 415 g/mol. The third-order valence-electron chi connectivity index (χ3n) is 3.90. The molecular weight excluding hydrogens is 396 g/mol. The maximum atomic E-state index is 12.0. The molecule has 3 aromatic rings. The van der Waals surface area contributed by atoms with Gasteiger partial charge in [-0.2, -0.15) is 0 Å². The van der Waals surface area contributed by atoms with E-state index in [-0.39, 0.29) is 5.91 Å². The van der Waals surface area contributed by atoms with Gasteiger partial charge in [0.25, 0.3) is 0 Å². The second-order valence-corrected chi connectivity index (χ2v) is 6.67. The normalized spacial score (nSPS) is 10.5. The number of rotatable bonds is 7. The molecule has 1 heterocycles. The van der Waals surface area contributed by atoms with Gasteiger partial charge in [-0.25, -0.2) is 4.98 Å². The van der Waals surface area contributed by atoms with Crippen LogP contribution in [0.3, 0.4) is 0 Å². The van der Waals surface area contributed by atoms with Crippen molar-refractivity contribution < 1.29 is 13.9 Å². The van der Waals surface area contributed by atoms with Gasteiger partial charge in [-0.15, -0.1) is 0 Å². The highest BCUT2D eigenvalue weighted by Gasteiger charge is 2.09. The first-order chi connectivity index (χ1) is 12.6. The van der Waals surface area contributed by atoms with Gasteiger partial charge in [0, 0.05) is 29.4 Å². The van der Waals surface area contributed by atoms with Crippen LogP contribution in [0.15, 0.2) is 63.6 Å². The lowest BCUT2D eigenvalue weighted by Crippen LogP contribution is -2.23. The van der Waals surface area contributed by atoms with Crippen molar-refractivity contribution in [3.8, 4) is 17.1 Å². The molecule has 0 atom stereocenters. The van der Waals surface area contributed by atoms with Gasteiger partial charge in [0.1, 0.15) is 5.75 Å². The maximum absolute atomic E-state index is 12.0. The van der Waals surface area contributed by atoms with Gasteiger partial charge in [-0.3, -0.25) is 4.79 Å². The zero-order valence-corrected chi connectivity index (χ0v) is 16.0. The Morgan fingerprint density at radius 3 is 2.58 bits per heavy atom. The maximum Gasteiger partial charge on any atom is 0.220 e. The Bertz CT molecular complexity index is 858. The van der Waals surface area contributed by atoms with Crippen LogP contribution in [0.1, 0.15) is 17.9 Å². The Labute approximate surface area is 160 Å². The summed E-state index contributed by atoms with van der Waals surface area (Å²) in [6.07, 6.45) is 2.48. The quantitative estimate of drug-likeness (QED) is 0.623. The molecule has 0 saturated heterocycles. The Hall–Kier alpha value is -2.60. The highest BCUT2D eigenvalue weighted by molar-refractivity contribution is 9.10. The van der Waals surface area contributed by atoms with E-state index >= 15 is 0 Å². The summed E-state index contributed by atoms with van der Waals surface area (Å²) < 4.78 is 11.9. The van der Waals surface area contributed by atoms with E-state index in [0.717, 1.165) is 21.3 Å². The number of hydrogen-bond acceptors (Lipinski definition) is 4. The number of hydrogen-bond donors (Lipinski definition) is 1. The fraction of sp³-hybridized carbons (Fsp3) is 0.200. The number of aromatic nitrogens is 1. The van der Waals surface area contributed by atoms with Crippen molar-refractivity contribution in [2.24, 2.45) is 0 Å². The van der Waals surface area contributed by atoms with Crippen molar-refractivity contribution >= 4 is 21.8 Å². The minimum Gasteiger partial charge on any atom is -0.497 e. The van der Waals surface area contributed by atoms with Crippen molar-refractivity contribution in [2.75, 3.05) is 7.11 Å². The largest absolute Gasteiger partial charge is 0.497 e. The standard InChI is InChI=1S/C20H19BrN2O3/c1-25-17-8-2-14(3-9-17)12-22-19(24)10-11-20-23-13-18(26-20)15-4-6-16(21)7-5-15/h2-9,13H,10-12H2,1H3,(H,22,24). The Morgan fingerprint density at radius 2 is 1.88 bits per heavy atom. The molecule has 0 fully saturated rings. The second-order valence-electron chi connectivity index (χ2n) is 5.75. The lowest BCUT2D eigenvalue weighted by atomic mass is 10.2. The number of carbonyl (C=O) groups is 1. The molecule has 1 amide bonds. The Morgan fingerprint density at radius 1 is 1.15 bits per heavy atom. The third-order valence-corrected chi connectivity index (χ3v) is 4.43. The van der Waals surface area contributed by atoms with Crippen LogP contribution in [0.2, 0.25) is 0 Å². The van der Waals surface area contributed by atoms with Gasteiger partial charge in [0.15, 0.2) is 11.7 Å². The lowest BCUT2D eigenvalue weighted by Gasteiger charge is -2.05. The molecular formula is C20H19BrN2O3. The minimum absolute atomic E-state index is 0.0378. The fourth-order valence-corrected chi connectivity index (χ4v) is 2.69. The molecule has 0 radical (unpaired) electrons. The molecule has 1 aromatic heterocycles. The summed E-state index contributed by atoms with van der Waals surface area (Å²) in [7, 11) is 1.63. The number of ether oxygens (including phenoxy) is 1. The van der Waals surface area contributed by atoms with E-state index in [4.69, 9.17) is 9.15 Å². The van der Waals surface area contributed by atoms with Crippen molar-refractivity contribution in [3.63, 3.8) is 0 Å². The Kier molecular flexibility index (Phi) is 6.07. The number of oxazole rings is 1. The molecule has 0 aliphatic heterocycles. The highest BCUT2D eigenvalue weighted by atomic mass is 79.9. The monoisotopic (exact) mass is 414 g/mol. The number of amides is 1. The summed E-state index contributed by atoms with van der Waals surface area (Å²) >= 11 is 3.41. The number of nitrogens with zero attached hydrogens (tertiary/aromatic N) is 1. The van der Waals surface area contributed by atoms with Gasteiger partial charge < -0.3 is 14.5 Å². The summed E-state index contributed by atoms with van der Waals surface area (Å²) in [5.41, 5.74) is 1.98. The van der Waals surface area contributed by atoms with Crippen molar-refractivity contribution in [1.29, 1.82) is 0 Å². The van der Waals surface area contributed by atoms with Gasteiger partial charge in [0.05, 0.1) is 13.3 Å². The summed E-state index contributed by atoms with van der Waals surface area (Å²) in [4.78, 5) is 16.3. The molecule has 3 rings (SSSR count). The lowest BCUT2D eigenvalue weighted by molar-refractivity contribution is -0.121. The molecule has 0 bridgehead atoms. The van der Waals surface area contributed by atoms with E-state index in [9.17, 15) is 4.79 Å². The highest BCUT2D eigenvalue weighted by Crippen LogP contribution is 2.22. The number of methoxy groups -OCH3 is 1. The second kappa shape index (κ2) is 8.67. The number of aryl methyl sites for hydroxylation is 1. The van der Waals surface area contributed by atoms with Crippen molar-refractivity contribution in [2.45, 2.75) is 19.4 Å². The molecule has 26 heavy (non-hydrogen) atoms. The number of nitrogens with one attached hydrogen (secondary N) is 1. The number of benzene rings is 2. The van der Waals surface area contributed by atoms with Crippen LogP contribution in [0.4, 0.5) is 0 Å². The van der Waals surface area contributed by atoms with E-state index in [1.165, 1.54) is 0 Å². The van der Waals surface area contributed by atoms with Gasteiger partial charge in [0.2, 0.25) is 5.91 Å². The van der Waals surface area contributed by atoms with Crippen LogP contribution in [-0.4, -0.2) is 18.0 Å². The fourth-order valence-electron chi connectivity index (χ4n) is 2.43. The first-order valence-electron chi connectivity index (χ1n) is 8.24. The SMILES string of the molecule is COc1ccc(CNC(=O)CCc2ncc(-c3ccc(Br)cc3)o2)cc1. The molecule has 5 nitrogen and oxygen atoms in total. The number of carbonyl (C=O) groups excluding carboxylic acids is 1. The number of halogens is 1. The molecule has 0 saturated carbocycles. The first kappa shape index (κ1) is 18.2. The predicted molar refractivity (Wildman–Crippen MR) is 103 cm³/mol. The van der Waals surface area contributed by atoms with Crippen LogP contribution in [-0.2, 0) is 17.8 Å². The molecule has 0 aliphatic rings. The van der Waals surface area contributed by atoms with E-state index in [2.05, 4.69) is 26.2 Å². The van der Waals surface area contributed by atoms with Crippen LogP contribution >= 0.6 is 15.9 Å². The predicted octanol–water partition coefficient (Wildman–Crippen LogP) is 4.36. The molecule has 6 heteroatoms. The molecule has 134 valence electrons. The van der Waals surface area contributed by atoms with Crippen LogP contribution in [0.5, 0.6) is 5.75 Å². The van der Waals surface area contributed by atoms with Crippen molar-refractivity contribution in [3.05, 3.63) is 70.7 Å². The average Bonchev–Trinajstić information content (AvgIpc) is 3.14. The topological polar surface area (TPSA) is 64.4 Å². The Balaban J connectivity index is 1.47. The molecule has 0 spiro atoms. The summed E-state index contributed by atoms with van der Waals surface area (Å²) in [6.45, 7) is 0.485. The third kappa shape index (κ3) is 4.95. The molecule has 2 aromatic carbocycles. The van der Waals surface area contributed by atoms with Gasteiger partial charge in [-0.05, 0) is 29.8 Å². The van der Waals surface area contributed by atoms with Crippen LogP contribution in [0, 0.1) is 0 Å². The first-order valence-corrected chi connectivity index (χ1v) is 9.03. The zero-order chi connectivity index (χ0) is 18.4. The van der Waals surface area contributed by atoms with E-state index in [1.54, 1.807) is 13.3 Å². The smallest absolute Gasteiger partial charge is 0.220 e. The van der Waals surface area contributed by atoms with E-state index in [1.807, 2.05) is 48.5 Å². The van der Waals surface area contributed by atoms with Crippen LogP contribution < -0.4 is 10.1 Å². The minimum atomic E-state index is -0.0378. The molecule has 1 N–H and O–H groups in total. The summed E-state index contributed by atoms with van der Waals surface area (Å²) in [6, 6.07) is 15.4. The zero-order valence-electron chi connectivity index (χ0n) is 14.4. The summed E-state index contributed by atoms with van der Waals surface area (Å²) in [5, 5.41) is 2.90. The van der Waals surface area contributed by atoms with Crippen LogP contribution in [0.25, 0.3) is 11.3 Å². The van der Waals surface area contributed by atoms with Gasteiger partial charge in [-0.1, -0.05) is 40.2 Å². The van der Waals surface area contributed by atoms with E-state index in [0.29, 0.717) is 31.0 Å². The van der Waals surface area contributed by atoms with Gasteiger partial charge >= 0.3 is 0 Å². The van der Waals surface area contributed by atoms with E-state index < -0.39 is 0 Å². The summed E-state index contributed by atoms with van der Waals surface area (Å²) in [5.74, 6) is 2.02. The molecule has 0 aliphatic carbocycles. The molecule has 0 unspecified atom stereocenters.